The van der Waals surface area contributed by atoms with Crippen molar-refractivity contribution in [3.63, 3.8) is 0 Å². The smallest absolute Gasteiger partial charge is 0.131 e. The van der Waals surface area contributed by atoms with E-state index in [2.05, 4.69) is 71.5 Å². The number of piperazine rings is 1. The third kappa shape index (κ3) is 3.66. The highest BCUT2D eigenvalue weighted by molar-refractivity contribution is 5.97. The van der Waals surface area contributed by atoms with Gasteiger partial charge in [-0.05, 0) is 18.2 Å². The molecule has 2 N–H and O–H groups in total. The summed E-state index contributed by atoms with van der Waals surface area (Å²) in [5.74, 6) is 0.994. The van der Waals surface area contributed by atoms with Crippen molar-refractivity contribution in [1.82, 2.24) is 35.3 Å². The Labute approximate surface area is 207 Å². The molecule has 0 amide bonds. The molecular weight excluding hydrogens is 454 g/mol. The normalized spacial score (nSPS) is 16.8. The summed E-state index contributed by atoms with van der Waals surface area (Å²) in [6.45, 7) is 6.94. The van der Waals surface area contributed by atoms with E-state index in [1.807, 2.05) is 12.4 Å². The van der Waals surface area contributed by atoms with Gasteiger partial charge in [0.05, 0.1) is 41.6 Å². The average Bonchev–Trinajstić information content (AvgIpc) is 3.64. The van der Waals surface area contributed by atoms with Gasteiger partial charge in [0.2, 0.25) is 0 Å². The molecule has 36 heavy (non-hydrogen) atoms. The minimum atomic E-state index is 0.722. The third-order valence-electron chi connectivity index (χ3n) is 7.08. The van der Waals surface area contributed by atoms with E-state index in [0.717, 1.165) is 103 Å². The number of nitrogens with zero attached hydrogens (tertiary/aromatic N) is 7. The van der Waals surface area contributed by atoms with E-state index < -0.39 is 0 Å². The van der Waals surface area contributed by atoms with Crippen LogP contribution < -0.4 is 15.1 Å². The molecule has 2 aliphatic heterocycles. The van der Waals surface area contributed by atoms with Crippen LogP contribution in [0.15, 0.2) is 55.0 Å². The quantitative estimate of drug-likeness (QED) is 0.404. The van der Waals surface area contributed by atoms with Crippen LogP contribution in [-0.4, -0.2) is 82.4 Å². The number of ether oxygens (including phenoxy) is 1. The van der Waals surface area contributed by atoms with Crippen LogP contribution in [-0.2, 0) is 4.74 Å². The van der Waals surface area contributed by atoms with Crippen LogP contribution in [0.1, 0.15) is 0 Å². The van der Waals surface area contributed by atoms with E-state index in [-0.39, 0.29) is 0 Å². The molecule has 2 saturated heterocycles. The molecule has 2 fully saturated rings. The molecule has 0 radical (unpaired) electrons. The summed E-state index contributed by atoms with van der Waals surface area (Å²) in [6.07, 6.45) is 3.67. The van der Waals surface area contributed by atoms with Crippen LogP contribution in [0, 0.1) is 0 Å². The fourth-order valence-corrected chi connectivity index (χ4v) is 5.22. The van der Waals surface area contributed by atoms with Crippen molar-refractivity contribution in [3.8, 4) is 16.9 Å². The first-order chi connectivity index (χ1) is 17.8. The lowest BCUT2D eigenvalue weighted by Gasteiger charge is -2.29. The number of hydrogen-bond acceptors (Lipinski definition) is 8. The largest absolute Gasteiger partial charge is 0.378 e. The summed E-state index contributed by atoms with van der Waals surface area (Å²) in [4.78, 5) is 14.6. The second kappa shape index (κ2) is 8.89. The minimum absolute atomic E-state index is 0.722. The van der Waals surface area contributed by atoms with Crippen molar-refractivity contribution in [2.75, 3.05) is 62.3 Å². The van der Waals surface area contributed by atoms with E-state index in [1.165, 1.54) is 0 Å². The van der Waals surface area contributed by atoms with Gasteiger partial charge in [0, 0.05) is 62.0 Å². The Morgan fingerprint density at radius 2 is 1.78 bits per heavy atom. The standard InChI is InChI=1S/C26H27N9O/c1-2-4-21-19(3-1)23(15-25(30-21)34-7-5-27-6-8-34)35-17-28-26-20(22-16-29-32-31-22)13-18(14-24(26)35)33-9-11-36-12-10-33/h1-4,13-17,27H,5-12H2,(H,29,31,32). The summed E-state index contributed by atoms with van der Waals surface area (Å²) in [5, 5.41) is 15.7. The van der Waals surface area contributed by atoms with Gasteiger partial charge in [0.1, 0.15) is 17.8 Å². The number of rotatable bonds is 4. The lowest BCUT2D eigenvalue weighted by Crippen LogP contribution is -2.43. The van der Waals surface area contributed by atoms with Gasteiger partial charge in [-0.15, -0.1) is 0 Å². The van der Waals surface area contributed by atoms with Crippen molar-refractivity contribution in [2.45, 2.75) is 0 Å². The molecule has 5 aromatic rings. The van der Waals surface area contributed by atoms with Crippen molar-refractivity contribution in [1.29, 1.82) is 0 Å². The molecule has 0 unspecified atom stereocenters. The lowest BCUT2D eigenvalue weighted by molar-refractivity contribution is 0.122. The molecule has 2 aromatic carbocycles. The zero-order chi connectivity index (χ0) is 23.9. The number of para-hydroxylation sites is 1. The predicted octanol–water partition coefficient (Wildman–Crippen LogP) is 2.61. The van der Waals surface area contributed by atoms with Gasteiger partial charge in [0.15, 0.2) is 0 Å². The highest BCUT2D eigenvalue weighted by atomic mass is 16.5. The van der Waals surface area contributed by atoms with Crippen LogP contribution in [0.2, 0.25) is 0 Å². The van der Waals surface area contributed by atoms with Crippen molar-refractivity contribution in [2.24, 2.45) is 0 Å². The average molecular weight is 482 g/mol. The lowest BCUT2D eigenvalue weighted by atomic mass is 10.1. The minimum Gasteiger partial charge on any atom is -0.378 e. The van der Waals surface area contributed by atoms with E-state index in [0.29, 0.717) is 0 Å². The summed E-state index contributed by atoms with van der Waals surface area (Å²) in [7, 11) is 0. The van der Waals surface area contributed by atoms with Crippen LogP contribution in [0.25, 0.3) is 38.9 Å². The Morgan fingerprint density at radius 3 is 2.61 bits per heavy atom. The topological polar surface area (TPSA) is 100 Å². The number of imidazole rings is 1. The summed E-state index contributed by atoms with van der Waals surface area (Å²) < 4.78 is 7.80. The molecule has 0 spiro atoms. The van der Waals surface area contributed by atoms with Gasteiger partial charge in [0.25, 0.3) is 0 Å². The summed E-state index contributed by atoms with van der Waals surface area (Å²) in [5.41, 5.74) is 6.84. The molecule has 7 rings (SSSR count). The third-order valence-corrected chi connectivity index (χ3v) is 7.08. The maximum absolute atomic E-state index is 5.61. The molecular formula is C26H27N9O. The van der Waals surface area contributed by atoms with Gasteiger partial charge in [-0.2, -0.15) is 15.4 Å². The Bertz CT molecular complexity index is 1520. The highest BCUT2D eigenvalue weighted by Crippen LogP contribution is 2.35. The number of benzene rings is 2. The molecule has 5 heterocycles. The Kier molecular flexibility index (Phi) is 5.25. The fourth-order valence-electron chi connectivity index (χ4n) is 5.22. The second-order valence-electron chi connectivity index (χ2n) is 9.18. The SMILES string of the molecule is c1ccc2c(-n3cnc4c(-c5cn[nH]n5)cc(N5CCOCC5)cc43)cc(N3CCNCC3)nc2c1. The fraction of sp³-hybridized carbons (Fsp3) is 0.308. The van der Waals surface area contributed by atoms with Gasteiger partial charge in [-0.1, -0.05) is 18.2 Å². The molecule has 3 aromatic heterocycles. The number of anilines is 2. The molecule has 10 heteroatoms. The van der Waals surface area contributed by atoms with Gasteiger partial charge >= 0.3 is 0 Å². The predicted molar refractivity (Wildman–Crippen MR) is 140 cm³/mol. The van der Waals surface area contributed by atoms with E-state index in [4.69, 9.17) is 14.7 Å². The Hall–Kier alpha value is -4.02. The number of aromatic amines is 1. The number of aromatic nitrogens is 6. The first-order valence-corrected chi connectivity index (χ1v) is 12.4. The number of hydrogen-bond donors (Lipinski definition) is 2. The number of H-pyrrole nitrogens is 1. The van der Waals surface area contributed by atoms with E-state index in [9.17, 15) is 0 Å². The molecule has 0 atom stereocenters. The molecule has 0 aliphatic carbocycles. The van der Waals surface area contributed by atoms with Crippen LogP contribution in [0.4, 0.5) is 11.5 Å². The summed E-state index contributed by atoms with van der Waals surface area (Å²) in [6, 6.07) is 14.9. The van der Waals surface area contributed by atoms with Crippen LogP contribution >= 0.6 is 0 Å². The van der Waals surface area contributed by atoms with Crippen molar-refractivity contribution >= 4 is 33.4 Å². The molecule has 2 aliphatic rings. The molecule has 10 nitrogen and oxygen atoms in total. The first-order valence-electron chi connectivity index (χ1n) is 12.4. The highest BCUT2D eigenvalue weighted by Gasteiger charge is 2.21. The first kappa shape index (κ1) is 21.3. The summed E-state index contributed by atoms with van der Waals surface area (Å²) >= 11 is 0. The maximum Gasteiger partial charge on any atom is 0.131 e. The van der Waals surface area contributed by atoms with Crippen LogP contribution in [0.5, 0.6) is 0 Å². The Balaban J connectivity index is 1.45. The Morgan fingerprint density at radius 1 is 0.917 bits per heavy atom. The van der Waals surface area contributed by atoms with Gasteiger partial charge < -0.3 is 19.9 Å². The van der Waals surface area contributed by atoms with Gasteiger partial charge in [-0.3, -0.25) is 4.57 Å². The monoisotopic (exact) mass is 481 g/mol. The van der Waals surface area contributed by atoms with E-state index >= 15 is 0 Å². The number of nitrogens with one attached hydrogen (secondary N) is 2. The zero-order valence-electron chi connectivity index (χ0n) is 19.9. The zero-order valence-corrected chi connectivity index (χ0v) is 19.9. The van der Waals surface area contributed by atoms with Crippen molar-refractivity contribution < 1.29 is 4.74 Å². The van der Waals surface area contributed by atoms with Gasteiger partial charge in [-0.25, -0.2) is 9.97 Å². The number of fused-ring (bicyclic) bond motifs is 2. The second-order valence-corrected chi connectivity index (χ2v) is 9.18. The van der Waals surface area contributed by atoms with Crippen molar-refractivity contribution in [3.05, 3.63) is 55.0 Å². The van der Waals surface area contributed by atoms with E-state index in [1.54, 1.807) is 6.20 Å². The molecule has 0 bridgehead atoms. The number of pyridine rings is 1. The maximum atomic E-state index is 5.61. The molecule has 0 saturated carbocycles. The van der Waals surface area contributed by atoms with Crippen LogP contribution in [0.3, 0.4) is 0 Å². The molecule has 182 valence electrons. The number of morpholine rings is 1.